The van der Waals surface area contributed by atoms with Crippen LogP contribution < -0.4 is 0 Å². The van der Waals surface area contributed by atoms with Crippen LogP contribution in [0.2, 0.25) is 0 Å². The van der Waals surface area contributed by atoms with Gasteiger partial charge in [0.05, 0.1) is 0 Å². The lowest BCUT2D eigenvalue weighted by atomic mass is 10.8. The molecule has 0 saturated heterocycles. The fourth-order valence-electron chi connectivity index (χ4n) is 0.134. The minimum absolute atomic E-state index is 0.221. The molecule has 5 heteroatoms. The average Bonchev–Trinajstić information content (AvgIpc) is 1.59. The van der Waals surface area contributed by atoms with Crippen LogP contribution in [0.25, 0.3) is 0 Å². The molecule has 0 aromatic carbocycles. The standard InChI is InChI=1S/C3H6O3S2/c1-2-3-7-8(4,5)6/h2H,1,3H2,(H,4,5,6). The molecule has 0 aliphatic heterocycles. The van der Waals surface area contributed by atoms with E-state index < -0.39 is 9.15 Å². The van der Waals surface area contributed by atoms with E-state index in [-0.39, 0.29) is 5.75 Å². The lowest BCUT2D eigenvalue weighted by Gasteiger charge is -1.86. The van der Waals surface area contributed by atoms with Crippen molar-refractivity contribution in [3.8, 4) is 0 Å². The summed E-state index contributed by atoms with van der Waals surface area (Å²) >= 11 is 0. The van der Waals surface area contributed by atoms with Gasteiger partial charge in [-0.05, 0) is 0 Å². The zero-order valence-corrected chi connectivity index (χ0v) is 5.70. The summed E-state index contributed by atoms with van der Waals surface area (Å²) in [5.74, 6) is 0.221. The fourth-order valence-corrected chi connectivity index (χ4v) is 1.21. The van der Waals surface area contributed by atoms with Crippen molar-refractivity contribution in [3.05, 3.63) is 12.7 Å². The van der Waals surface area contributed by atoms with Crippen LogP contribution >= 0.6 is 10.8 Å². The second kappa shape index (κ2) is 3.11. The highest BCUT2D eigenvalue weighted by molar-refractivity contribution is 8.70. The van der Waals surface area contributed by atoms with Crippen molar-refractivity contribution in [1.29, 1.82) is 0 Å². The smallest absolute Gasteiger partial charge is 0.277 e. The first-order chi connectivity index (χ1) is 3.56. The van der Waals surface area contributed by atoms with E-state index in [0.29, 0.717) is 10.8 Å². The van der Waals surface area contributed by atoms with E-state index >= 15 is 0 Å². The highest BCUT2D eigenvalue weighted by Gasteiger charge is 2.00. The highest BCUT2D eigenvalue weighted by Crippen LogP contribution is 2.07. The minimum Gasteiger partial charge on any atom is -0.277 e. The summed E-state index contributed by atoms with van der Waals surface area (Å²) < 4.78 is 27.8. The van der Waals surface area contributed by atoms with E-state index in [4.69, 9.17) is 4.55 Å². The highest BCUT2D eigenvalue weighted by atomic mass is 33.1. The first-order valence-electron chi connectivity index (χ1n) is 1.79. The fraction of sp³-hybridized carbons (Fsp3) is 0.333. The van der Waals surface area contributed by atoms with Gasteiger partial charge in [0.15, 0.2) is 0 Å². The molecule has 0 aliphatic rings. The van der Waals surface area contributed by atoms with Gasteiger partial charge in [0, 0.05) is 16.5 Å². The van der Waals surface area contributed by atoms with Crippen LogP contribution in [0, 0.1) is 0 Å². The predicted molar refractivity (Wildman–Crippen MR) is 34.2 cm³/mol. The van der Waals surface area contributed by atoms with Crippen molar-refractivity contribution in [2.75, 3.05) is 5.75 Å². The summed E-state index contributed by atoms with van der Waals surface area (Å²) in [4.78, 5) is 0. The predicted octanol–water partition coefficient (Wildman–Crippen LogP) is 0.708. The molecule has 0 aromatic rings. The van der Waals surface area contributed by atoms with Crippen molar-refractivity contribution in [2.24, 2.45) is 0 Å². The summed E-state index contributed by atoms with van der Waals surface area (Å²) in [6, 6.07) is 0. The second-order valence-corrected chi connectivity index (χ2v) is 4.40. The summed E-state index contributed by atoms with van der Waals surface area (Å²) in [6.45, 7) is 3.27. The first kappa shape index (κ1) is 8.00. The van der Waals surface area contributed by atoms with Gasteiger partial charge in [0.1, 0.15) is 0 Å². The number of rotatable bonds is 3. The molecule has 0 fully saturated rings. The Morgan fingerprint density at radius 3 is 2.38 bits per heavy atom. The molecule has 0 aliphatic carbocycles. The third-order valence-electron chi connectivity index (χ3n) is 0.335. The van der Waals surface area contributed by atoms with Crippen LogP contribution in [-0.4, -0.2) is 18.7 Å². The summed E-state index contributed by atoms with van der Waals surface area (Å²) in [5.41, 5.74) is 0. The molecular formula is C3H6O3S2. The minimum atomic E-state index is -3.84. The van der Waals surface area contributed by atoms with E-state index in [0.717, 1.165) is 0 Å². The van der Waals surface area contributed by atoms with Gasteiger partial charge < -0.3 is 0 Å². The SMILES string of the molecule is C=CCSS(=O)(=O)O. The Morgan fingerprint density at radius 1 is 1.75 bits per heavy atom. The van der Waals surface area contributed by atoms with Crippen LogP contribution in [0.5, 0.6) is 0 Å². The molecule has 0 amide bonds. The number of hydrogen-bond acceptors (Lipinski definition) is 3. The molecule has 0 bridgehead atoms. The lowest BCUT2D eigenvalue weighted by Crippen LogP contribution is -1.88. The molecule has 0 unspecified atom stereocenters. The van der Waals surface area contributed by atoms with Gasteiger partial charge in [0.25, 0.3) is 0 Å². The van der Waals surface area contributed by atoms with Gasteiger partial charge >= 0.3 is 9.15 Å². The van der Waals surface area contributed by atoms with E-state index in [1.54, 1.807) is 0 Å². The maximum atomic E-state index is 9.86. The summed E-state index contributed by atoms with van der Waals surface area (Å²) in [7, 11) is -3.40. The largest absolute Gasteiger partial charge is 0.320 e. The van der Waals surface area contributed by atoms with E-state index in [1.807, 2.05) is 0 Å². The normalized spacial score (nSPS) is 11.1. The second-order valence-electron chi connectivity index (χ2n) is 1.00. The topological polar surface area (TPSA) is 54.4 Å². The molecule has 0 radical (unpaired) electrons. The van der Waals surface area contributed by atoms with Crippen molar-refractivity contribution in [1.82, 2.24) is 0 Å². The Morgan fingerprint density at radius 2 is 2.25 bits per heavy atom. The van der Waals surface area contributed by atoms with Gasteiger partial charge in [-0.15, -0.1) is 6.58 Å². The van der Waals surface area contributed by atoms with Gasteiger partial charge in [-0.3, -0.25) is 4.55 Å². The quantitative estimate of drug-likeness (QED) is 0.369. The monoisotopic (exact) mass is 154 g/mol. The van der Waals surface area contributed by atoms with Crippen LogP contribution in [0.1, 0.15) is 0 Å². The molecule has 0 spiro atoms. The molecule has 0 aromatic heterocycles. The van der Waals surface area contributed by atoms with Gasteiger partial charge in [-0.1, -0.05) is 6.08 Å². The molecule has 8 heavy (non-hydrogen) atoms. The van der Waals surface area contributed by atoms with Gasteiger partial charge in [-0.2, -0.15) is 8.42 Å². The Kier molecular flexibility index (Phi) is 3.11. The van der Waals surface area contributed by atoms with Crippen LogP contribution in [0.4, 0.5) is 0 Å². The van der Waals surface area contributed by atoms with Crippen LogP contribution in [0.15, 0.2) is 12.7 Å². The van der Waals surface area contributed by atoms with Crippen molar-refractivity contribution in [2.45, 2.75) is 0 Å². The Labute approximate surface area is 51.9 Å². The molecule has 0 heterocycles. The first-order valence-corrected chi connectivity index (χ1v) is 4.73. The third kappa shape index (κ3) is 6.00. The molecule has 3 nitrogen and oxygen atoms in total. The summed E-state index contributed by atoms with van der Waals surface area (Å²) in [6.07, 6.45) is 1.40. The van der Waals surface area contributed by atoms with Gasteiger partial charge in [0.2, 0.25) is 0 Å². The maximum absolute atomic E-state index is 9.86. The molecular weight excluding hydrogens is 148 g/mol. The average molecular weight is 154 g/mol. The van der Waals surface area contributed by atoms with Crippen LogP contribution in [-0.2, 0) is 9.15 Å². The van der Waals surface area contributed by atoms with Gasteiger partial charge in [-0.25, -0.2) is 0 Å². The molecule has 0 saturated carbocycles. The Balaban J connectivity index is 3.57. The van der Waals surface area contributed by atoms with E-state index in [2.05, 4.69) is 6.58 Å². The third-order valence-corrected chi connectivity index (χ3v) is 2.31. The maximum Gasteiger partial charge on any atom is 0.320 e. The van der Waals surface area contributed by atoms with E-state index in [1.165, 1.54) is 6.08 Å². The Bertz CT molecular complexity index is 157. The Hall–Kier alpha value is -0.0000000000000000763. The molecule has 0 rings (SSSR count). The van der Waals surface area contributed by atoms with Crippen molar-refractivity contribution in [3.63, 3.8) is 0 Å². The van der Waals surface area contributed by atoms with E-state index in [9.17, 15) is 8.42 Å². The molecule has 48 valence electrons. The van der Waals surface area contributed by atoms with Crippen molar-refractivity contribution < 1.29 is 13.0 Å². The zero-order chi connectivity index (χ0) is 6.62. The van der Waals surface area contributed by atoms with Crippen molar-refractivity contribution >= 4 is 19.9 Å². The molecule has 0 atom stereocenters. The lowest BCUT2D eigenvalue weighted by molar-refractivity contribution is 0.503. The zero-order valence-electron chi connectivity index (χ0n) is 4.07. The van der Waals surface area contributed by atoms with Crippen LogP contribution in [0.3, 0.4) is 0 Å². The molecule has 1 N–H and O–H groups in total. The number of hydrogen-bond donors (Lipinski definition) is 1. The summed E-state index contributed by atoms with van der Waals surface area (Å²) in [5, 5.41) is 0.